The maximum absolute atomic E-state index is 13.8. The van der Waals surface area contributed by atoms with Crippen LogP contribution in [0.3, 0.4) is 0 Å². The summed E-state index contributed by atoms with van der Waals surface area (Å²) in [5, 5.41) is 36.4. The van der Waals surface area contributed by atoms with E-state index in [1.807, 2.05) is 6.07 Å². The van der Waals surface area contributed by atoms with Crippen LogP contribution in [0.1, 0.15) is 36.3 Å². The van der Waals surface area contributed by atoms with Crippen LogP contribution in [0.15, 0.2) is 28.9 Å². The minimum atomic E-state index is -1.58. The minimum absolute atomic E-state index is 0.0264. The largest absolute Gasteiger partial charge is 0.394 e. The van der Waals surface area contributed by atoms with Crippen LogP contribution in [-0.2, 0) is 15.9 Å². The van der Waals surface area contributed by atoms with Crippen molar-refractivity contribution in [1.82, 2.24) is 25.5 Å². The Kier molecular flexibility index (Phi) is 7.58. The van der Waals surface area contributed by atoms with Crippen molar-refractivity contribution in [1.29, 1.82) is 0 Å². The third-order valence-electron chi connectivity index (χ3n) is 7.06. The molecule has 37 heavy (non-hydrogen) atoms. The van der Waals surface area contributed by atoms with Crippen molar-refractivity contribution < 1.29 is 37.4 Å². The van der Waals surface area contributed by atoms with Gasteiger partial charge in [0.05, 0.1) is 24.6 Å². The molecule has 3 aromatic rings. The Balaban J connectivity index is 1.40. The molecule has 2 saturated heterocycles. The lowest BCUT2D eigenvalue weighted by molar-refractivity contribution is -0.212. The average molecular weight is 524 g/mol. The number of aliphatic hydroxyl groups excluding tert-OH is 2. The summed E-state index contributed by atoms with van der Waals surface area (Å²) in [6.45, 7) is 1.35. The van der Waals surface area contributed by atoms with E-state index in [1.54, 1.807) is 0 Å². The number of hydrogen-bond acceptors (Lipinski definition) is 9. The topological polar surface area (TPSA) is 128 Å². The van der Waals surface area contributed by atoms with Gasteiger partial charge in [0.15, 0.2) is 17.5 Å². The van der Waals surface area contributed by atoms with E-state index in [0.717, 1.165) is 43.8 Å². The van der Waals surface area contributed by atoms with Crippen molar-refractivity contribution in [3.05, 3.63) is 53.3 Å². The van der Waals surface area contributed by atoms with Gasteiger partial charge in [-0.3, -0.25) is 0 Å². The van der Waals surface area contributed by atoms with E-state index in [-0.39, 0.29) is 23.6 Å². The van der Waals surface area contributed by atoms with E-state index >= 15 is 0 Å². The number of halogens is 3. The van der Waals surface area contributed by atoms with Crippen molar-refractivity contribution in [2.75, 3.05) is 26.8 Å². The summed E-state index contributed by atoms with van der Waals surface area (Å²) in [4.78, 5) is 0. The smallest absolute Gasteiger partial charge is 0.194 e. The average Bonchev–Trinajstić information content (AvgIpc) is 3.58. The number of piperidine rings is 1. The van der Waals surface area contributed by atoms with Crippen LogP contribution in [0.25, 0.3) is 11.3 Å². The van der Waals surface area contributed by atoms with Gasteiger partial charge in [-0.05, 0) is 38.1 Å². The van der Waals surface area contributed by atoms with Crippen LogP contribution in [0.5, 0.6) is 0 Å². The highest BCUT2D eigenvalue weighted by Gasteiger charge is 2.47. The van der Waals surface area contributed by atoms with Gasteiger partial charge in [0, 0.05) is 31.1 Å². The first kappa shape index (κ1) is 25.8. The number of rotatable bonds is 7. The van der Waals surface area contributed by atoms with E-state index in [0.29, 0.717) is 5.69 Å². The zero-order chi connectivity index (χ0) is 26.1. The number of nitrogens with zero attached hydrogens (tertiary/aromatic N) is 4. The van der Waals surface area contributed by atoms with Gasteiger partial charge < -0.3 is 29.5 Å². The molecule has 0 aliphatic carbocycles. The molecule has 2 aromatic heterocycles. The van der Waals surface area contributed by atoms with Crippen LogP contribution in [-0.4, -0.2) is 81.6 Å². The summed E-state index contributed by atoms with van der Waals surface area (Å²) in [6.07, 6.45) is -0.0609. The third kappa shape index (κ3) is 5.14. The first-order valence-corrected chi connectivity index (χ1v) is 12.1. The molecule has 10 nitrogen and oxygen atoms in total. The predicted molar refractivity (Wildman–Crippen MR) is 122 cm³/mol. The highest BCUT2D eigenvalue weighted by molar-refractivity contribution is 5.57. The molecule has 13 heteroatoms. The highest BCUT2D eigenvalue weighted by atomic mass is 19.2. The van der Waals surface area contributed by atoms with Gasteiger partial charge in [0.1, 0.15) is 35.8 Å². The number of nitrogens with one attached hydrogen (secondary N) is 1. The van der Waals surface area contributed by atoms with Crippen LogP contribution < -0.4 is 5.32 Å². The van der Waals surface area contributed by atoms with Crippen LogP contribution in [0.2, 0.25) is 0 Å². The fourth-order valence-electron chi connectivity index (χ4n) is 5.12. The summed E-state index contributed by atoms with van der Waals surface area (Å²) in [6, 6.07) is 2.65. The van der Waals surface area contributed by atoms with Crippen LogP contribution in [0.4, 0.5) is 13.2 Å². The fourth-order valence-corrected chi connectivity index (χ4v) is 5.12. The Morgan fingerprint density at radius 3 is 2.54 bits per heavy atom. The number of benzene rings is 1. The van der Waals surface area contributed by atoms with Gasteiger partial charge in [0.25, 0.3) is 0 Å². The van der Waals surface area contributed by atoms with Crippen molar-refractivity contribution in [3.8, 4) is 11.3 Å². The molecule has 0 amide bonds. The molecule has 2 fully saturated rings. The summed E-state index contributed by atoms with van der Waals surface area (Å²) < 4.78 is 59.5. The SMILES string of the molecule is CO[C@@H]1[C@@H](n2cc(-c3cc(F)c(F)c(F)c3)nn2)[C@@H](O)[C@@H](CO)O[C@@H]1Cc1cc(C2CCNCC2)on1. The lowest BCUT2D eigenvalue weighted by Crippen LogP contribution is -2.57. The Morgan fingerprint density at radius 2 is 1.86 bits per heavy atom. The van der Waals surface area contributed by atoms with Gasteiger partial charge in [-0.25, -0.2) is 17.9 Å². The van der Waals surface area contributed by atoms with Crippen LogP contribution in [0, 0.1) is 17.5 Å². The maximum Gasteiger partial charge on any atom is 0.194 e. The number of aliphatic hydroxyl groups is 2. The third-order valence-corrected chi connectivity index (χ3v) is 7.06. The van der Waals surface area contributed by atoms with Gasteiger partial charge in [0.2, 0.25) is 0 Å². The second kappa shape index (κ2) is 10.9. The lowest BCUT2D eigenvalue weighted by Gasteiger charge is -2.43. The van der Waals surface area contributed by atoms with E-state index in [2.05, 4.69) is 20.8 Å². The molecule has 0 unspecified atom stereocenters. The van der Waals surface area contributed by atoms with Crippen molar-refractivity contribution >= 4 is 0 Å². The zero-order valence-corrected chi connectivity index (χ0v) is 20.1. The number of ether oxygens (including phenoxy) is 2. The molecule has 0 spiro atoms. The highest BCUT2D eigenvalue weighted by Crippen LogP contribution is 2.35. The normalized spacial score (nSPS) is 27.0. The summed E-state index contributed by atoms with van der Waals surface area (Å²) >= 11 is 0. The molecule has 1 aromatic carbocycles. The van der Waals surface area contributed by atoms with Crippen LogP contribution >= 0.6 is 0 Å². The lowest BCUT2D eigenvalue weighted by atomic mass is 9.90. The van der Waals surface area contributed by atoms with Gasteiger partial charge >= 0.3 is 0 Å². The van der Waals surface area contributed by atoms with E-state index < -0.39 is 54.5 Å². The standard InChI is InChI=1S/C24H28F3N5O5/c1-35-24-19(9-14-8-18(37-30-14)12-2-4-28-5-3-12)36-20(11-33)23(34)22(24)32-10-17(29-31-32)13-6-15(25)21(27)16(26)7-13/h6-8,10,12,19-20,22-24,28,33-34H,2-5,9,11H2,1H3/t19-,20-,22+,23+,24+/m1/s1. The Labute approximate surface area is 210 Å². The summed E-state index contributed by atoms with van der Waals surface area (Å²) in [5.41, 5.74) is 0.678. The number of hydrogen-bond donors (Lipinski definition) is 3. The molecule has 0 bridgehead atoms. The molecule has 5 atom stereocenters. The van der Waals surface area contributed by atoms with Crippen molar-refractivity contribution in [2.24, 2.45) is 0 Å². The predicted octanol–water partition coefficient (Wildman–Crippen LogP) is 1.74. The van der Waals surface area contributed by atoms with Crippen molar-refractivity contribution in [3.63, 3.8) is 0 Å². The molecule has 0 saturated carbocycles. The summed E-state index contributed by atoms with van der Waals surface area (Å²) in [7, 11) is 1.45. The van der Waals surface area contributed by atoms with Gasteiger partial charge in [-0.1, -0.05) is 10.4 Å². The first-order valence-electron chi connectivity index (χ1n) is 12.1. The van der Waals surface area contributed by atoms with E-state index in [9.17, 15) is 23.4 Å². The molecule has 200 valence electrons. The van der Waals surface area contributed by atoms with Gasteiger partial charge in [-0.2, -0.15) is 0 Å². The molecular formula is C24H28F3N5O5. The Bertz CT molecular complexity index is 1190. The van der Waals surface area contributed by atoms with E-state index in [1.165, 1.54) is 18.0 Å². The van der Waals surface area contributed by atoms with E-state index in [4.69, 9.17) is 14.0 Å². The molecule has 2 aliphatic heterocycles. The minimum Gasteiger partial charge on any atom is -0.394 e. The summed E-state index contributed by atoms with van der Waals surface area (Å²) in [5.74, 6) is -3.22. The molecular weight excluding hydrogens is 495 g/mol. The molecule has 4 heterocycles. The Hall–Kier alpha value is -2.84. The van der Waals surface area contributed by atoms with Gasteiger partial charge in [-0.15, -0.1) is 5.10 Å². The Morgan fingerprint density at radius 1 is 1.14 bits per heavy atom. The monoisotopic (exact) mass is 523 g/mol. The number of aromatic nitrogens is 4. The quantitative estimate of drug-likeness (QED) is 0.397. The fraction of sp³-hybridized carbons (Fsp3) is 0.542. The number of methoxy groups -OCH3 is 1. The first-order chi connectivity index (χ1) is 17.9. The molecule has 0 radical (unpaired) electrons. The molecule has 3 N–H and O–H groups in total. The zero-order valence-electron chi connectivity index (χ0n) is 20.1. The van der Waals surface area contributed by atoms with Crippen molar-refractivity contribution in [2.45, 2.75) is 55.6 Å². The second-order valence-corrected chi connectivity index (χ2v) is 9.36. The molecule has 2 aliphatic rings. The second-order valence-electron chi connectivity index (χ2n) is 9.36. The molecule has 5 rings (SSSR count). The maximum atomic E-state index is 13.8.